The lowest BCUT2D eigenvalue weighted by Gasteiger charge is -2.17. The van der Waals surface area contributed by atoms with Gasteiger partial charge >= 0.3 is 11.5 Å². The number of ketones is 2. The number of hydroxylamine groups is 2. The lowest BCUT2D eigenvalue weighted by atomic mass is 9.99. The van der Waals surface area contributed by atoms with Crippen LogP contribution in [0.5, 0.6) is 0 Å². The standard InChI is InChI=1S/C14H8FN5O5/c15-12-5-7(1-2-19(12)23)14-17-9(6-16-18-14)8-3-10(20(24)25)13(22)11(21)4-8/h1-6,18,23H. The summed E-state index contributed by atoms with van der Waals surface area (Å²) in [5, 5.41) is 24.1. The fourth-order valence-corrected chi connectivity index (χ4v) is 2.08. The average Bonchev–Trinajstić information content (AvgIpc) is 2.59. The molecular formula is C14H8FN5O5. The van der Waals surface area contributed by atoms with Crippen molar-refractivity contribution in [2.45, 2.75) is 0 Å². The fourth-order valence-electron chi connectivity index (χ4n) is 2.08. The molecule has 0 aromatic heterocycles. The lowest BCUT2D eigenvalue weighted by molar-refractivity contribution is -0.418. The molecule has 3 rings (SSSR count). The van der Waals surface area contributed by atoms with E-state index in [9.17, 15) is 24.1 Å². The van der Waals surface area contributed by atoms with E-state index in [-0.39, 0.29) is 27.7 Å². The van der Waals surface area contributed by atoms with Gasteiger partial charge in [-0.3, -0.25) is 30.3 Å². The van der Waals surface area contributed by atoms with E-state index in [0.29, 0.717) is 0 Å². The molecule has 3 aliphatic rings. The van der Waals surface area contributed by atoms with Gasteiger partial charge in [0, 0.05) is 29.5 Å². The second-order valence-electron chi connectivity index (χ2n) is 4.88. The van der Waals surface area contributed by atoms with Crippen molar-refractivity contribution < 1.29 is 24.1 Å². The zero-order valence-electron chi connectivity index (χ0n) is 12.2. The van der Waals surface area contributed by atoms with E-state index < -0.39 is 28.1 Å². The van der Waals surface area contributed by atoms with Gasteiger partial charge in [-0.05, 0) is 12.2 Å². The number of nitrogens with one attached hydrogen (secondary N) is 1. The number of carbonyl (C=O) groups excluding carboxylic acids is 2. The maximum absolute atomic E-state index is 13.4. The normalized spacial score (nSPS) is 22.9. The van der Waals surface area contributed by atoms with Crippen molar-refractivity contribution in [2.24, 2.45) is 10.1 Å². The van der Waals surface area contributed by atoms with Crippen LogP contribution in [0, 0.1) is 10.1 Å². The molecule has 0 aromatic rings. The SMILES string of the molecule is O=C1C=C(C2=NC(=C3C=CN(O)C(F)=C3)NN=C2)C=C([N+](=O)[O-])C1=O. The quantitative estimate of drug-likeness (QED) is 0.244. The summed E-state index contributed by atoms with van der Waals surface area (Å²) < 4.78 is 13.4. The number of hydrazone groups is 1. The monoisotopic (exact) mass is 345 g/mol. The molecule has 0 fully saturated rings. The highest BCUT2D eigenvalue weighted by molar-refractivity contribution is 6.51. The van der Waals surface area contributed by atoms with Gasteiger partial charge in [-0.25, -0.2) is 10.1 Å². The van der Waals surface area contributed by atoms with E-state index in [1.807, 2.05) is 0 Å². The Morgan fingerprint density at radius 1 is 1.28 bits per heavy atom. The Bertz CT molecular complexity index is 922. The Labute approximate surface area is 138 Å². The molecule has 2 aliphatic heterocycles. The highest BCUT2D eigenvalue weighted by atomic mass is 19.1. The summed E-state index contributed by atoms with van der Waals surface area (Å²) in [6, 6.07) is 0. The molecule has 2 N–H and O–H groups in total. The minimum Gasteiger partial charge on any atom is -0.285 e. The third-order valence-corrected chi connectivity index (χ3v) is 3.28. The molecule has 0 spiro atoms. The smallest absolute Gasteiger partial charge is 0.285 e. The van der Waals surface area contributed by atoms with Crippen LogP contribution < -0.4 is 5.43 Å². The van der Waals surface area contributed by atoms with Gasteiger partial charge in [-0.2, -0.15) is 9.49 Å². The molecule has 2 heterocycles. The van der Waals surface area contributed by atoms with Crippen LogP contribution in [-0.4, -0.2) is 38.7 Å². The summed E-state index contributed by atoms with van der Waals surface area (Å²) in [5.41, 5.74) is 1.96. The summed E-state index contributed by atoms with van der Waals surface area (Å²) >= 11 is 0. The van der Waals surface area contributed by atoms with E-state index in [1.54, 1.807) is 0 Å². The van der Waals surface area contributed by atoms with Crippen molar-refractivity contribution in [1.82, 2.24) is 10.5 Å². The molecule has 126 valence electrons. The number of hydrogen-bond acceptors (Lipinski definition) is 9. The summed E-state index contributed by atoms with van der Waals surface area (Å²) in [6.07, 6.45) is 6.39. The van der Waals surface area contributed by atoms with E-state index in [0.717, 1.165) is 24.4 Å². The topological polar surface area (TPSA) is 138 Å². The predicted molar refractivity (Wildman–Crippen MR) is 81.2 cm³/mol. The van der Waals surface area contributed by atoms with E-state index in [2.05, 4.69) is 15.5 Å². The van der Waals surface area contributed by atoms with Gasteiger partial charge in [-0.15, -0.1) is 0 Å². The Hall–Kier alpha value is -3.73. The molecule has 25 heavy (non-hydrogen) atoms. The van der Waals surface area contributed by atoms with Crippen LogP contribution in [-0.2, 0) is 9.59 Å². The largest absolute Gasteiger partial charge is 0.321 e. The third kappa shape index (κ3) is 3.03. The van der Waals surface area contributed by atoms with Gasteiger partial charge in [0.15, 0.2) is 5.82 Å². The summed E-state index contributed by atoms with van der Waals surface area (Å²) in [4.78, 5) is 37.1. The van der Waals surface area contributed by atoms with Gasteiger partial charge in [0.1, 0.15) is 0 Å². The molecule has 0 amide bonds. The molecule has 0 radical (unpaired) electrons. The Morgan fingerprint density at radius 2 is 2.04 bits per heavy atom. The molecule has 11 heteroatoms. The fraction of sp³-hybridized carbons (Fsp3) is 0. The van der Waals surface area contributed by atoms with E-state index in [4.69, 9.17) is 5.21 Å². The number of aliphatic imine (C=N–C) groups is 1. The number of nitrogens with zero attached hydrogens (tertiary/aromatic N) is 4. The molecule has 0 aromatic carbocycles. The van der Waals surface area contributed by atoms with Crippen molar-refractivity contribution in [3.05, 3.63) is 69.2 Å². The van der Waals surface area contributed by atoms with Crippen LogP contribution in [0.25, 0.3) is 0 Å². The van der Waals surface area contributed by atoms with E-state index in [1.165, 1.54) is 12.3 Å². The minimum absolute atomic E-state index is 0.0210. The van der Waals surface area contributed by atoms with Crippen molar-refractivity contribution in [3.8, 4) is 0 Å². The molecule has 0 unspecified atom stereocenters. The zero-order chi connectivity index (χ0) is 18.1. The Kier molecular flexibility index (Phi) is 3.91. The Balaban J connectivity index is 2.02. The number of allylic oxidation sites excluding steroid dienone is 7. The maximum atomic E-state index is 13.4. The number of Topliss-reactive ketones (excluding diaryl/α,β-unsaturated/α-hetero) is 1. The molecule has 0 atom stereocenters. The molecular weight excluding hydrogens is 337 g/mol. The molecule has 0 bridgehead atoms. The number of nitro groups is 1. The summed E-state index contributed by atoms with van der Waals surface area (Å²) in [6.45, 7) is 0. The van der Waals surface area contributed by atoms with Crippen LogP contribution in [0.1, 0.15) is 0 Å². The van der Waals surface area contributed by atoms with Crippen molar-refractivity contribution in [3.63, 3.8) is 0 Å². The summed E-state index contributed by atoms with van der Waals surface area (Å²) in [5.74, 6) is -3.14. The van der Waals surface area contributed by atoms with E-state index >= 15 is 0 Å². The van der Waals surface area contributed by atoms with Gasteiger partial charge in [-0.1, -0.05) is 0 Å². The average molecular weight is 345 g/mol. The molecule has 10 nitrogen and oxygen atoms in total. The van der Waals surface area contributed by atoms with Crippen LogP contribution in [0.3, 0.4) is 0 Å². The van der Waals surface area contributed by atoms with Gasteiger partial charge in [0.25, 0.3) is 0 Å². The first-order chi connectivity index (χ1) is 11.9. The zero-order valence-corrected chi connectivity index (χ0v) is 12.2. The van der Waals surface area contributed by atoms with Crippen LogP contribution >= 0.6 is 0 Å². The minimum atomic E-state index is -1.22. The first kappa shape index (κ1) is 16.1. The van der Waals surface area contributed by atoms with Gasteiger partial charge in [0.2, 0.25) is 11.7 Å². The maximum Gasteiger partial charge on any atom is 0.321 e. The molecule has 0 saturated heterocycles. The lowest BCUT2D eigenvalue weighted by Crippen LogP contribution is -2.26. The number of hydrogen-bond donors (Lipinski definition) is 2. The van der Waals surface area contributed by atoms with Crippen LogP contribution in [0.4, 0.5) is 4.39 Å². The highest BCUT2D eigenvalue weighted by Crippen LogP contribution is 2.21. The second-order valence-corrected chi connectivity index (χ2v) is 4.88. The number of carbonyl (C=O) groups is 2. The van der Waals surface area contributed by atoms with Gasteiger partial charge in [0.05, 0.1) is 16.8 Å². The highest BCUT2D eigenvalue weighted by Gasteiger charge is 2.33. The predicted octanol–water partition coefficient (Wildman–Crippen LogP) is 0.496. The van der Waals surface area contributed by atoms with Crippen LogP contribution in [0.15, 0.2) is 69.2 Å². The van der Waals surface area contributed by atoms with Crippen molar-refractivity contribution in [2.75, 3.05) is 0 Å². The van der Waals surface area contributed by atoms with Crippen LogP contribution in [0.2, 0.25) is 0 Å². The van der Waals surface area contributed by atoms with Crippen molar-refractivity contribution >= 4 is 23.5 Å². The third-order valence-electron chi connectivity index (χ3n) is 3.28. The molecule has 1 aliphatic carbocycles. The second kappa shape index (κ2) is 6.05. The first-order valence-corrected chi connectivity index (χ1v) is 6.69. The first-order valence-electron chi connectivity index (χ1n) is 6.69. The summed E-state index contributed by atoms with van der Waals surface area (Å²) in [7, 11) is 0. The number of halogens is 1. The number of rotatable bonds is 2. The Morgan fingerprint density at radius 3 is 2.72 bits per heavy atom. The van der Waals surface area contributed by atoms with Crippen molar-refractivity contribution in [1.29, 1.82) is 0 Å². The molecule has 0 saturated carbocycles. The van der Waals surface area contributed by atoms with Gasteiger partial charge < -0.3 is 0 Å².